The van der Waals surface area contributed by atoms with E-state index in [0.29, 0.717) is 24.9 Å². The van der Waals surface area contributed by atoms with E-state index in [2.05, 4.69) is 45.0 Å². The minimum Gasteiger partial charge on any atom is -0.369 e. The molecule has 2 aliphatic rings. The van der Waals surface area contributed by atoms with Gasteiger partial charge in [-0.15, -0.1) is 24.0 Å². The predicted octanol–water partition coefficient (Wildman–Crippen LogP) is 2.45. The molecule has 0 spiro atoms. The number of primary amides is 1. The molecule has 3 heterocycles. The third-order valence-corrected chi connectivity index (χ3v) is 5.81. The van der Waals surface area contributed by atoms with Crippen LogP contribution in [0.4, 0.5) is 5.82 Å². The largest absolute Gasteiger partial charge is 0.369 e. The molecule has 29 heavy (non-hydrogen) atoms. The van der Waals surface area contributed by atoms with Crippen LogP contribution in [0.2, 0.25) is 0 Å². The fourth-order valence-electron chi connectivity index (χ4n) is 4.60. The number of amides is 1. The zero-order chi connectivity index (χ0) is 20.1. The summed E-state index contributed by atoms with van der Waals surface area (Å²) in [6.45, 7) is 8.90. The number of aliphatic imine (C=N–C) groups is 1. The number of guanidine groups is 1. The predicted molar refractivity (Wildman–Crippen MR) is 129 cm³/mol. The van der Waals surface area contributed by atoms with Crippen molar-refractivity contribution in [3.63, 3.8) is 0 Å². The van der Waals surface area contributed by atoms with E-state index in [-0.39, 0.29) is 35.8 Å². The SMILES string of the molecule is CN=C(NCc1cccnc1N1CCCC(C(N)=O)C1)N1CC(C)CC(C)C1.I. The Hall–Kier alpha value is -1.58. The van der Waals surface area contributed by atoms with Gasteiger partial charge in [0.05, 0.1) is 5.92 Å². The molecular weight excluding hydrogens is 479 g/mol. The summed E-state index contributed by atoms with van der Waals surface area (Å²) < 4.78 is 0. The summed E-state index contributed by atoms with van der Waals surface area (Å²) in [5.74, 6) is 2.93. The van der Waals surface area contributed by atoms with E-state index in [1.807, 2.05) is 19.3 Å². The normalized spacial score (nSPS) is 25.3. The number of halogens is 1. The number of carbonyl (C=O) groups excluding carboxylic acids is 1. The summed E-state index contributed by atoms with van der Waals surface area (Å²) in [6.07, 6.45) is 4.91. The Kier molecular flexibility index (Phi) is 8.98. The zero-order valence-electron chi connectivity index (χ0n) is 17.8. The van der Waals surface area contributed by atoms with E-state index < -0.39 is 0 Å². The molecule has 2 aliphatic heterocycles. The number of hydrogen-bond donors (Lipinski definition) is 2. The number of anilines is 1. The highest BCUT2D eigenvalue weighted by Crippen LogP contribution is 2.25. The third kappa shape index (κ3) is 6.20. The van der Waals surface area contributed by atoms with Crippen molar-refractivity contribution >= 4 is 41.7 Å². The van der Waals surface area contributed by atoms with Gasteiger partial charge in [0, 0.05) is 51.5 Å². The molecule has 162 valence electrons. The molecule has 1 aromatic rings. The van der Waals surface area contributed by atoms with Crippen molar-refractivity contribution in [1.82, 2.24) is 15.2 Å². The molecule has 7 nitrogen and oxygen atoms in total. The summed E-state index contributed by atoms with van der Waals surface area (Å²) in [4.78, 5) is 25.3. The Morgan fingerprint density at radius 1 is 1.31 bits per heavy atom. The topological polar surface area (TPSA) is 86.9 Å². The molecule has 0 saturated carbocycles. The maximum atomic E-state index is 11.6. The summed E-state index contributed by atoms with van der Waals surface area (Å²) >= 11 is 0. The second kappa shape index (κ2) is 11.0. The number of carbonyl (C=O) groups is 1. The number of nitrogens with two attached hydrogens (primary N) is 1. The third-order valence-electron chi connectivity index (χ3n) is 5.81. The number of pyridine rings is 1. The van der Waals surface area contributed by atoms with Crippen molar-refractivity contribution in [1.29, 1.82) is 0 Å². The van der Waals surface area contributed by atoms with Gasteiger partial charge < -0.3 is 20.9 Å². The molecule has 1 aromatic heterocycles. The van der Waals surface area contributed by atoms with Crippen molar-refractivity contribution < 1.29 is 4.79 Å². The molecule has 3 atom stereocenters. The first-order chi connectivity index (χ1) is 13.5. The van der Waals surface area contributed by atoms with Crippen molar-refractivity contribution in [2.75, 3.05) is 38.1 Å². The molecule has 3 N–H and O–H groups in total. The minimum atomic E-state index is -0.214. The number of piperidine rings is 2. The summed E-state index contributed by atoms with van der Waals surface area (Å²) in [5.41, 5.74) is 6.66. The smallest absolute Gasteiger partial charge is 0.222 e. The van der Waals surface area contributed by atoms with Gasteiger partial charge in [-0.3, -0.25) is 9.79 Å². The maximum absolute atomic E-state index is 11.6. The lowest BCUT2D eigenvalue weighted by Gasteiger charge is -2.37. The molecule has 1 amide bonds. The maximum Gasteiger partial charge on any atom is 0.222 e. The van der Waals surface area contributed by atoms with E-state index in [4.69, 9.17) is 5.73 Å². The van der Waals surface area contributed by atoms with Crippen molar-refractivity contribution in [3.8, 4) is 0 Å². The molecule has 0 aliphatic carbocycles. The van der Waals surface area contributed by atoms with E-state index in [1.54, 1.807) is 0 Å². The van der Waals surface area contributed by atoms with Gasteiger partial charge in [0.2, 0.25) is 5.91 Å². The molecule has 0 radical (unpaired) electrons. The monoisotopic (exact) mass is 514 g/mol. The van der Waals surface area contributed by atoms with Crippen LogP contribution < -0.4 is 16.0 Å². The lowest BCUT2D eigenvalue weighted by atomic mass is 9.92. The van der Waals surface area contributed by atoms with E-state index in [1.165, 1.54) is 6.42 Å². The lowest BCUT2D eigenvalue weighted by molar-refractivity contribution is -0.122. The molecule has 3 unspecified atom stereocenters. The van der Waals surface area contributed by atoms with Crippen LogP contribution in [0.5, 0.6) is 0 Å². The molecular formula is C21H35IN6O. The standard InChI is InChI=1S/C21H34N6O.HI/c1-15-10-16(2)13-27(12-15)21(23-3)25-11-17-6-4-8-24-20(17)26-9-5-7-18(14-26)19(22)28;/h4,6,8,15-16,18H,5,7,9-14H2,1-3H3,(H2,22,28)(H,23,25);1H. The van der Waals surface area contributed by atoms with Gasteiger partial charge in [0.1, 0.15) is 5.82 Å². The Bertz CT molecular complexity index is 702. The number of aromatic nitrogens is 1. The second-order valence-corrected chi connectivity index (χ2v) is 8.43. The van der Waals surface area contributed by atoms with Crippen LogP contribution in [0.3, 0.4) is 0 Å². The van der Waals surface area contributed by atoms with Crippen LogP contribution in [-0.4, -0.2) is 55.0 Å². The fraction of sp³-hybridized carbons (Fsp3) is 0.667. The highest BCUT2D eigenvalue weighted by atomic mass is 127. The Morgan fingerprint density at radius 3 is 2.69 bits per heavy atom. The van der Waals surface area contributed by atoms with Crippen molar-refractivity contribution in [3.05, 3.63) is 23.9 Å². The van der Waals surface area contributed by atoms with Gasteiger partial charge in [-0.2, -0.15) is 0 Å². The van der Waals surface area contributed by atoms with Crippen molar-refractivity contribution in [2.45, 2.75) is 39.7 Å². The van der Waals surface area contributed by atoms with E-state index in [0.717, 1.165) is 49.8 Å². The number of hydrogen-bond acceptors (Lipinski definition) is 4. The highest BCUT2D eigenvalue weighted by Gasteiger charge is 2.27. The molecule has 2 fully saturated rings. The van der Waals surface area contributed by atoms with Crippen LogP contribution in [0.15, 0.2) is 23.3 Å². The van der Waals surface area contributed by atoms with Gasteiger partial charge >= 0.3 is 0 Å². The second-order valence-electron chi connectivity index (χ2n) is 8.43. The first-order valence-corrected chi connectivity index (χ1v) is 10.4. The summed E-state index contributed by atoms with van der Waals surface area (Å²) in [6, 6.07) is 4.06. The summed E-state index contributed by atoms with van der Waals surface area (Å²) in [7, 11) is 1.85. The zero-order valence-corrected chi connectivity index (χ0v) is 20.1. The minimum absolute atomic E-state index is 0. The molecule has 2 saturated heterocycles. The van der Waals surface area contributed by atoms with Crippen LogP contribution in [0.25, 0.3) is 0 Å². The highest BCUT2D eigenvalue weighted by molar-refractivity contribution is 14.0. The average molecular weight is 514 g/mol. The van der Waals surface area contributed by atoms with Gasteiger partial charge in [0.15, 0.2) is 5.96 Å². The first kappa shape index (κ1) is 23.7. The number of nitrogens with zero attached hydrogens (tertiary/aromatic N) is 4. The Balaban J connectivity index is 0.00000300. The van der Waals surface area contributed by atoms with Crippen LogP contribution in [0, 0.1) is 17.8 Å². The molecule has 0 bridgehead atoms. The van der Waals surface area contributed by atoms with Gasteiger partial charge in [0.25, 0.3) is 0 Å². The van der Waals surface area contributed by atoms with E-state index in [9.17, 15) is 4.79 Å². The van der Waals surface area contributed by atoms with Gasteiger partial charge in [-0.05, 0) is 37.2 Å². The van der Waals surface area contributed by atoms with Gasteiger partial charge in [-0.1, -0.05) is 19.9 Å². The van der Waals surface area contributed by atoms with Crippen LogP contribution in [-0.2, 0) is 11.3 Å². The van der Waals surface area contributed by atoms with Crippen LogP contribution in [0.1, 0.15) is 38.7 Å². The quantitative estimate of drug-likeness (QED) is 0.366. The fourth-order valence-corrected chi connectivity index (χ4v) is 4.60. The lowest BCUT2D eigenvalue weighted by Crippen LogP contribution is -2.48. The number of rotatable bonds is 4. The van der Waals surface area contributed by atoms with E-state index >= 15 is 0 Å². The Labute approximate surface area is 191 Å². The first-order valence-electron chi connectivity index (χ1n) is 10.4. The summed E-state index contributed by atoms with van der Waals surface area (Å²) in [5, 5.41) is 3.53. The number of likely N-dealkylation sites (tertiary alicyclic amines) is 1. The number of nitrogens with one attached hydrogen (secondary N) is 1. The molecule has 0 aromatic carbocycles. The Morgan fingerprint density at radius 2 is 2.03 bits per heavy atom. The van der Waals surface area contributed by atoms with Crippen molar-refractivity contribution in [2.24, 2.45) is 28.5 Å². The van der Waals surface area contributed by atoms with Crippen LogP contribution >= 0.6 is 24.0 Å². The average Bonchev–Trinajstić information content (AvgIpc) is 2.68. The van der Waals surface area contributed by atoms with Gasteiger partial charge in [-0.25, -0.2) is 4.98 Å². The molecule has 8 heteroatoms. The molecule has 3 rings (SSSR count).